The molecule has 0 saturated carbocycles. The van der Waals surface area contributed by atoms with Gasteiger partial charge in [-0.05, 0) is 19.9 Å². The van der Waals surface area contributed by atoms with Crippen molar-refractivity contribution < 1.29 is 17.6 Å². The van der Waals surface area contributed by atoms with Crippen LogP contribution in [-0.4, -0.2) is 18.1 Å². The zero-order valence-corrected chi connectivity index (χ0v) is 8.19. The van der Waals surface area contributed by atoms with Crippen LogP contribution in [0.25, 0.3) is 0 Å². The van der Waals surface area contributed by atoms with E-state index in [1.54, 1.807) is 0 Å². The molecule has 1 saturated heterocycles. The quantitative estimate of drug-likeness (QED) is 0.787. The smallest absolute Gasteiger partial charge is 0.436 e. The third-order valence-electron chi connectivity index (χ3n) is 2.49. The normalized spacial score (nSPS) is 22.3. The van der Waals surface area contributed by atoms with Gasteiger partial charge < -0.3 is 9.73 Å². The molecule has 1 aliphatic rings. The lowest BCUT2D eigenvalue weighted by atomic mass is 10.1. The number of oxazole rings is 1. The predicted octanol–water partition coefficient (Wildman–Crippen LogP) is 2.08. The number of aryl methyl sites for hydroxylation is 1. The summed E-state index contributed by atoms with van der Waals surface area (Å²) in [7, 11) is 0. The van der Waals surface area contributed by atoms with Crippen LogP contribution in [0.5, 0.6) is 0 Å². The van der Waals surface area contributed by atoms with Crippen molar-refractivity contribution in [2.45, 2.75) is 25.4 Å². The molecule has 0 aliphatic carbocycles. The van der Waals surface area contributed by atoms with E-state index in [0.717, 1.165) is 13.0 Å². The Kier molecular flexibility index (Phi) is 2.46. The van der Waals surface area contributed by atoms with E-state index in [-0.39, 0.29) is 17.6 Å². The van der Waals surface area contributed by atoms with E-state index in [2.05, 4.69) is 10.3 Å². The summed E-state index contributed by atoms with van der Waals surface area (Å²) in [5.41, 5.74) is -0.899. The zero-order chi connectivity index (χ0) is 11.1. The second-order valence-corrected chi connectivity index (χ2v) is 3.64. The first-order chi connectivity index (χ1) is 6.98. The Morgan fingerprint density at radius 1 is 1.47 bits per heavy atom. The van der Waals surface area contributed by atoms with Crippen molar-refractivity contribution in [2.24, 2.45) is 0 Å². The lowest BCUT2D eigenvalue weighted by molar-refractivity contribution is -0.141. The standard InChI is InChI=1S/C9H11F3N2O/c1-5-7(9(10,11)12)14-8(15-5)6-2-3-13-4-6/h6,13H,2-4H2,1H3. The van der Waals surface area contributed by atoms with E-state index in [4.69, 9.17) is 4.42 Å². The average molecular weight is 220 g/mol. The van der Waals surface area contributed by atoms with Gasteiger partial charge in [-0.25, -0.2) is 4.98 Å². The Hall–Kier alpha value is -1.04. The number of hydrogen-bond donors (Lipinski definition) is 1. The first-order valence-electron chi connectivity index (χ1n) is 4.73. The predicted molar refractivity (Wildman–Crippen MR) is 46.5 cm³/mol. The van der Waals surface area contributed by atoms with Crippen LogP contribution in [0.4, 0.5) is 13.2 Å². The average Bonchev–Trinajstić information content (AvgIpc) is 2.68. The van der Waals surface area contributed by atoms with Gasteiger partial charge in [0.25, 0.3) is 0 Å². The highest BCUT2D eigenvalue weighted by Gasteiger charge is 2.38. The molecule has 2 rings (SSSR count). The minimum Gasteiger partial charge on any atom is -0.445 e. The summed E-state index contributed by atoms with van der Waals surface area (Å²) in [6, 6.07) is 0. The molecule has 0 spiro atoms. The molecule has 1 N–H and O–H groups in total. The molecule has 1 fully saturated rings. The molecule has 1 aliphatic heterocycles. The van der Waals surface area contributed by atoms with Gasteiger partial charge in [-0.1, -0.05) is 0 Å². The maximum absolute atomic E-state index is 12.4. The molecule has 0 radical (unpaired) electrons. The van der Waals surface area contributed by atoms with Gasteiger partial charge in [0.05, 0.1) is 0 Å². The molecule has 0 amide bonds. The molecular weight excluding hydrogens is 209 g/mol. The number of nitrogens with zero attached hydrogens (tertiary/aromatic N) is 1. The largest absolute Gasteiger partial charge is 0.445 e. The molecule has 6 heteroatoms. The van der Waals surface area contributed by atoms with Crippen molar-refractivity contribution >= 4 is 0 Å². The monoisotopic (exact) mass is 220 g/mol. The summed E-state index contributed by atoms with van der Waals surface area (Å²) >= 11 is 0. The van der Waals surface area contributed by atoms with Crippen molar-refractivity contribution in [1.29, 1.82) is 0 Å². The van der Waals surface area contributed by atoms with Gasteiger partial charge >= 0.3 is 6.18 Å². The van der Waals surface area contributed by atoms with Gasteiger partial charge in [-0.3, -0.25) is 0 Å². The molecule has 1 aromatic rings. The van der Waals surface area contributed by atoms with E-state index in [9.17, 15) is 13.2 Å². The highest BCUT2D eigenvalue weighted by molar-refractivity contribution is 5.14. The van der Waals surface area contributed by atoms with Crippen LogP contribution in [-0.2, 0) is 6.18 Å². The summed E-state index contributed by atoms with van der Waals surface area (Å²) in [6.45, 7) is 2.73. The maximum atomic E-state index is 12.4. The van der Waals surface area contributed by atoms with Crippen LogP contribution < -0.4 is 5.32 Å². The fraction of sp³-hybridized carbons (Fsp3) is 0.667. The van der Waals surface area contributed by atoms with Gasteiger partial charge in [-0.15, -0.1) is 0 Å². The summed E-state index contributed by atoms with van der Waals surface area (Å²) in [4.78, 5) is 3.53. The molecule has 84 valence electrons. The SMILES string of the molecule is Cc1oc(C2CCNC2)nc1C(F)(F)F. The maximum Gasteiger partial charge on any atom is 0.436 e. The summed E-state index contributed by atoms with van der Waals surface area (Å²) in [5.74, 6) is 0.0222. The van der Waals surface area contributed by atoms with Crippen LogP contribution in [0, 0.1) is 6.92 Å². The van der Waals surface area contributed by atoms with Gasteiger partial charge in [0.1, 0.15) is 5.76 Å². The number of aromatic nitrogens is 1. The van der Waals surface area contributed by atoms with E-state index in [1.807, 2.05) is 0 Å². The zero-order valence-electron chi connectivity index (χ0n) is 8.19. The lowest BCUT2D eigenvalue weighted by Crippen LogP contribution is -2.10. The Morgan fingerprint density at radius 3 is 2.67 bits per heavy atom. The molecule has 15 heavy (non-hydrogen) atoms. The van der Waals surface area contributed by atoms with Crippen molar-refractivity contribution in [3.63, 3.8) is 0 Å². The van der Waals surface area contributed by atoms with E-state index >= 15 is 0 Å². The molecule has 2 heterocycles. The van der Waals surface area contributed by atoms with Gasteiger partial charge in [-0.2, -0.15) is 13.2 Å². The number of halogens is 3. The molecule has 3 nitrogen and oxygen atoms in total. The van der Waals surface area contributed by atoms with Crippen molar-refractivity contribution in [3.8, 4) is 0 Å². The van der Waals surface area contributed by atoms with Gasteiger partial charge in [0, 0.05) is 12.5 Å². The van der Waals surface area contributed by atoms with Crippen molar-refractivity contribution in [3.05, 3.63) is 17.3 Å². The molecule has 1 atom stereocenters. The second-order valence-electron chi connectivity index (χ2n) is 3.64. The highest BCUT2D eigenvalue weighted by atomic mass is 19.4. The fourth-order valence-corrected chi connectivity index (χ4v) is 1.72. The first kappa shape index (κ1) is 10.5. The highest BCUT2D eigenvalue weighted by Crippen LogP contribution is 2.33. The Bertz CT molecular complexity index is 353. The molecule has 0 aromatic carbocycles. The Labute approximate surface area is 84.7 Å². The first-order valence-corrected chi connectivity index (χ1v) is 4.73. The third-order valence-corrected chi connectivity index (χ3v) is 2.49. The van der Waals surface area contributed by atoms with Gasteiger partial charge in [0.15, 0.2) is 11.6 Å². The Morgan fingerprint density at radius 2 is 2.20 bits per heavy atom. The number of hydrogen-bond acceptors (Lipinski definition) is 3. The van der Waals surface area contributed by atoms with Gasteiger partial charge in [0.2, 0.25) is 0 Å². The van der Waals surface area contributed by atoms with Crippen LogP contribution >= 0.6 is 0 Å². The second kappa shape index (κ2) is 3.52. The topological polar surface area (TPSA) is 38.1 Å². The Balaban J connectivity index is 2.28. The van der Waals surface area contributed by atoms with E-state index in [1.165, 1.54) is 6.92 Å². The number of rotatable bonds is 1. The van der Waals surface area contributed by atoms with Crippen LogP contribution in [0.1, 0.15) is 29.7 Å². The summed E-state index contributed by atoms with van der Waals surface area (Å²) in [6.07, 6.45) is -3.64. The third kappa shape index (κ3) is 1.99. The summed E-state index contributed by atoms with van der Waals surface area (Å²) < 4.78 is 42.3. The number of nitrogens with one attached hydrogen (secondary N) is 1. The molecular formula is C9H11F3N2O. The van der Waals surface area contributed by atoms with Crippen molar-refractivity contribution in [2.75, 3.05) is 13.1 Å². The van der Waals surface area contributed by atoms with Crippen LogP contribution in [0.2, 0.25) is 0 Å². The van der Waals surface area contributed by atoms with E-state index in [0.29, 0.717) is 6.54 Å². The minimum absolute atomic E-state index is 0.0280. The lowest BCUT2D eigenvalue weighted by Gasteiger charge is -2.01. The van der Waals surface area contributed by atoms with E-state index < -0.39 is 11.9 Å². The minimum atomic E-state index is -4.42. The summed E-state index contributed by atoms with van der Waals surface area (Å²) in [5, 5.41) is 3.06. The van der Waals surface area contributed by atoms with Crippen molar-refractivity contribution in [1.82, 2.24) is 10.3 Å². The molecule has 0 bridgehead atoms. The molecule has 1 unspecified atom stereocenters. The fourth-order valence-electron chi connectivity index (χ4n) is 1.72. The van der Waals surface area contributed by atoms with Crippen LogP contribution in [0.15, 0.2) is 4.42 Å². The number of alkyl halides is 3. The molecule has 1 aromatic heterocycles. The van der Waals surface area contributed by atoms with Crippen LogP contribution in [0.3, 0.4) is 0 Å².